The summed E-state index contributed by atoms with van der Waals surface area (Å²) in [6.45, 7) is 2.02. The van der Waals surface area contributed by atoms with E-state index in [2.05, 4.69) is 0 Å². The summed E-state index contributed by atoms with van der Waals surface area (Å²) in [6, 6.07) is 20.5. The first-order chi connectivity index (χ1) is 13.0. The number of esters is 1. The van der Waals surface area contributed by atoms with Crippen molar-refractivity contribution in [3.63, 3.8) is 0 Å². The van der Waals surface area contributed by atoms with E-state index in [1.165, 1.54) is 3.97 Å². The molecule has 1 aromatic heterocycles. The van der Waals surface area contributed by atoms with Gasteiger partial charge in [-0.3, -0.25) is 0 Å². The van der Waals surface area contributed by atoms with Crippen LogP contribution >= 0.6 is 0 Å². The minimum absolute atomic E-state index is 0.210. The number of benzene rings is 3. The Bertz CT molecular complexity index is 1260. The first-order valence-electron chi connectivity index (χ1n) is 8.55. The summed E-state index contributed by atoms with van der Waals surface area (Å²) in [5, 5.41) is 1.45. The molecule has 4 rings (SSSR count). The highest BCUT2D eigenvalue weighted by atomic mass is 32.2. The molecule has 3 aromatic carbocycles. The Morgan fingerprint density at radius 2 is 1.56 bits per heavy atom. The van der Waals surface area contributed by atoms with Crippen LogP contribution in [-0.2, 0) is 14.8 Å². The number of carbonyl (C=O) groups excluding carboxylic acids is 1. The van der Waals surface area contributed by atoms with Crippen molar-refractivity contribution in [3.8, 4) is 0 Å². The van der Waals surface area contributed by atoms with Gasteiger partial charge < -0.3 is 4.74 Å². The van der Waals surface area contributed by atoms with Gasteiger partial charge in [-0.2, -0.15) is 0 Å². The summed E-state index contributed by atoms with van der Waals surface area (Å²) in [4.78, 5) is 12.3. The molecule has 0 unspecified atom stereocenters. The van der Waals surface area contributed by atoms with E-state index in [0.717, 1.165) is 5.39 Å². The molecule has 6 heteroatoms. The average molecular weight is 379 g/mol. The second kappa shape index (κ2) is 6.55. The van der Waals surface area contributed by atoms with E-state index in [1.54, 1.807) is 67.6 Å². The first-order valence-corrected chi connectivity index (χ1v) is 9.99. The van der Waals surface area contributed by atoms with Crippen LogP contribution in [0.25, 0.3) is 21.8 Å². The Labute approximate surface area is 156 Å². The molecule has 0 amide bonds. The molecule has 136 valence electrons. The molecule has 27 heavy (non-hydrogen) atoms. The van der Waals surface area contributed by atoms with Crippen molar-refractivity contribution in [1.29, 1.82) is 0 Å². The Hall–Kier alpha value is -3.12. The molecule has 0 saturated heterocycles. The van der Waals surface area contributed by atoms with Crippen LogP contribution in [0.1, 0.15) is 17.3 Å². The van der Waals surface area contributed by atoms with Crippen molar-refractivity contribution in [2.45, 2.75) is 11.8 Å². The van der Waals surface area contributed by atoms with Gasteiger partial charge in [0.2, 0.25) is 0 Å². The van der Waals surface area contributed by atoms with Crippen LogP contribution in [0.3, 0.4) is 0 Å². The van der Waals surface area contributed by atoms with E-state index < -0.39 is 16.0 Å². The molecule has 0 spiro atoms. The van der Waals surface area contributed by atoms with Crippen LogP contribution in [0.15, 0.2) is 77.7 Å². The Morgan fingerprint density at radius 1 is 0.889 bits per heavy atom. The lowest BCUT2D eigenvalue weighted by molar-refractivity contribution is 0.0526. The summed E-state index contributed by atoms with van der Waals surface area (Å²) in [6.07, 6.45) is 0. The average Bonchev–Trinajstić information content (AvgIpc) is 3.03. The number of hydrogen-bond donors (Lipinski definition) is 0. The summed E-state index contributed by atoms with van der Waals surface area (Å²) in [5.41, 5.74) is 1.48. The minimum atomic E-state index is -3.79. The van der Waals surface area contributed by atoms with E-state index in [1.807, 2.05) is 12.1 Å². The van der Waals surface area contributed by atoms with E-state index in [-0.39, 0.29) is 11.5 Å². The second-order valence-corrected chi connectivity index (χ2v) is 7.84. The highest BCUT2D eigenvalue weighted by Crippen LogP contribution is 2.33. The quantitative estimate of drug-likeness (QED) is 0.498. The monoisotopic (exact) mass is 379 g/mol. The topological polar surface area (TPSA) is 65.4 Å². The Morgan fingerprint density at radius 3 is 2.30 bits per heavy atom. The number of aromatic nitrogens is 1. The number of nitrogens with zero attached hydrogens (tertiary/aromatic N) is 1. The lowest BCUT2D eigenvalue weighted by atomic mass is 10.1. The normalized spacial score (nSPS) is 11.7. The Balaban J connectivity index is 2.05. The third-order valence-corrected chi connectivity index (χ3v) is 6.16. The zero-order valence-electron chi connectivity index (χ0n) is 14.6. The third-order valence-electron chi connectivity index (χ3n) is 4.42. The molecule has 1 heterocycles. The van der Waals surface area contributed by atoms with Gasteiger partial charge >= 0.3 is 5.97 Å². The number of rotatable bonds is 4. The zero-order chi connectivity index (χ0) is 19.0. The summed E-state index contributed by atoms with van der Waals surface area (Å²) in [7, 11) is -3.79. The number of hydrogen-bond acceptors (Lipinski definition) is 4. The van der Waals surface area contributed by atoms with Gasteiger partial charge in [-0.05, 0) is 43.3 Å². The maximum Gasteiger partial charge on any atom is 0.338 e. The summed E-state index contributed by atoms with van der Waals surface area (Å²) >= 11 is 0. The molecule has 0 fully saturated rings. The van der Waals surface area contributed by atoms with Gasteiger partial charge in [-0.1, -0.05) is 36.4 Å². The molecule has 5 nitrogen and oxygen atoms in total. The fourth-order valence-corrected chi connectivity index (χ4v) is 4.78. The summed E-state index contributed by atoms with van der Waals surface area (Å²) in [5.74, 6) is -0.429. The lowest BCUT2D eigenvalue weighted by Gasteiger charge is -2.09. The number of para-hydroxylation sites is 1. The SMILES string of the molecule is CCOC(=O)c1ccc2c(c1)c1ccccc1n2S(=O)(=O)c1ccccc1. The van der Waals surface area contributed by atoms with Gasteiger partial charge in [0.25, 0.3) is 10.0 Å². The molecule has 4 aromatic rings. The first kappa shape index (κ1) is 17.3. The minimum Gasteiger partial charge on any atom is -0.462 e. The maximum absolute atomic E-state index is 13.3. The molecule has 0 radical (unpaired) electrons. The van der Waals surface area contributed by atoms with E-state index in [4.69, 9.17) is 4.74 Å². The molecule has 0 aliphatic rings. The van der Waals surface area contributed by atoms with E-state index in [9.17, 15) is 13.2 Å². The molecule has 0 N–H and O–H groups in total. The van der Waals surface area contributed by atoms with Gasteiger partial charge in [-0.15, -0.1) is 0 Å². The van der Waals surface area contributed by atoms with Crippen molar-refractivity contribution < 1.29 is 17.9 Å². The molecule has 0 saturated carbocycles. The molecule has 0 aliphatic carbocycles. The second-order valence-electron chi connectivity index (χ2n) is 6.05. The largest absolute Gasteiger partial charge is 0.462 e. The van der Waals surface area contributed by atoms with Gasteiger partial charge in [0.05, 0.1) is 28.1 Å². The highest BCUT2D eigenvalue weighted by Gasteiger charge is 2.23. The van der Waals surface area contributed by atoms with Crippen LogP contribution in [-0.4, -0.2) is 25.0 Å². The Kier molecular flexibility index (Phi) is 4.20. The molecular weight excluding hydrogens is 362 g/mol. The van der Waals surface area contributed by atoms with Crippen molar-refractivity contribution in [2.75, 3.05) is 6.61 Å². The third kappa shape index (κ3) is 2.78. The fraction of sp³-hybridized carbons (Fsp3) is 0.0952. The number of carbonyl (C=O) groups is 1. The number of ether oxygens (including phenoxy) is 1. The van der Waals surface area contributed by atoms with E-state index in [0.29, 0.717) is 22.0 Å². The standard InChI is InChI=1S/C21H17NO4S/c1-2-26-21(23)15-12-13-20-18(14-15)17-10-6-7-11-19(17)22(20)27(24,25)16-8-4-3-5-9-16/h3-14H,2H2,1H3. The fourth-order valence-electron chi connectivity index (χ4n) is 3.24. The van der Waals surface area contributed by atoms with Crippen molar-refractivity contribution in [2.24, 2.45) is 0 Å². The molecule has 0 bridgehead atoms. The number of fused-ring (bicyclic) bond motifs is 3. The van der Waals surface area contributed by atoms with E-state index >= 15 is 0 Å². The molecule has 0 aliphatic heterocycles. The van der Waals surface area contributed by atoms with Crippen molar-refractivity contribution >= 4 is 37.8 Å². The van der Waals surface area contributed by atoms with Gasteiger partial charge in [0.15, 0.2) is 0 Å². The predicted molar refractivity (Wildman–Crippen MR) is 104 cm³/mol. The van der Waals surface area contributed by atoms with Crippen LogP contribution in [0.5, 0.6) is 0 Å². The molecular formula is C21H17NO4S. The molecule has 0 atom stereocenters. The van der Waals surface area contributed by atoms with Crippen LogP contribution < -0.4 is 0 Å². The van der Waals surface area contributed by atoms with Gasteiger partial charge in [-0.25, -0.2) is 17.2 Å². The van der Waals surface area contributed by atoms with Crippen molar-refractivity contribution in [3.05, 3.63) is 78.4 Å². The van der Waals surface area contributed by atoms with Crippen molar-refractivity contribution in [1.82, 2.24) is 3.97 Å². The van der Waals surface area contributed by atoms with Crippen LogP contribution in [0.2, 0.25) is 0 Å². The maximum atomic E-state index is 13.3. The van der Waals surface area contributed by atoms with Gasteiger partial charge in [0, 0.05) is 10.8 Å². The van der Waals surface area contributed by atoms with Gasteiger partial charge in [0.1, 0.15) is 0 Å². The zero-order valence-corrected chi connectivity index (χ0v) is 15.4. The smallest absolute Gasteiger partial charge is 0.338 e. The summed E-state index contributed by atoms with van der Waals surface area (Å²) < 4.78 is 33.0. The van der Waals surface area contributed by atoms with Crippen LogP contribution in [0.4, 0.5) is 0 Å². The van der Waals surface area contributed by atoms with Crippen LogP contribution in [0, 0.1) is 0 Å². The predicted octanol–water partition coefficient (Wildman–Crippen LogP) is 4.21. The highest BCUT2D eigenvalue weighted by molar-refractivity contribution is 7.90. The lowest BCUT2D eigenvalue weighted by Crippen LogP contribution is -2.12.